The average molecular weight is 405 g/mol. The van der Waals surface area contributed by atoms with Crippen LogP contribution in [0.15, 0.2) is 46.8 Å². The Bertz CT molecular complexity index is 1040. The molecule has 0 spiro atoms. The number of carbonyl (C=O) groups is 1. The summed E-state index contributed by atoms with van der Waals surface area (Å²) in [6.07, 6.45) is 1.71. The van der Waals surface area contributed by atoms with Gasteiger partial charge in [0, 0.05) is 13.0 Å². The second kappa shape index (κ2) is 8.55. The van der Waals surface area contributed by atoms with Crippen LogP contribution in [0.3, 0.4) is 0 Å². The molecular formula is C18H20N4O3S2. The van der Waals surface area contributed by atoms with Crippen LogP contribution in [0.25, 0.3) is 10.8 Å². The Morgan fingerprint density at radius 3 is 2.70 bits per heavy atom. The molecule has 3 rings (SSSR count). The highest BCUT2D eigenvalue weighted by atomic mass is 32.2. The van der Waals surface area contributed by atoms with Crippen molar-refractivity contribution < 1.29 is 13.2 Å². The number of aryl methyl sites for hydroxylation is 1. The molecule has 0 aliphatic carbocycles. The smallest absolute Gasteiger partial charge is 0.269 e. The number of rotatable bonds is 8. The molecule has 3 aromatic rings. The third-order valence-electron chi connectivity index (χ3n) is 4.00. The van der Waals surface area contributed by atoms with Crippen molar-refractivity contribution in [3.8, 4) is 0 Å². The van der Waals surface area contributed by atoms with E-state index in [0.29, 0.717) is 13.0 Å². The number of nitrogens with one attached hydrogen (secondary N) is 2. The molecule has 0 saturated carbocycles. The fourth-order valence-corrected chi connectivity index (χ4v) is 4.66. The van der Waals surface area contributed by atoms with E-state index < -0.39 is 10.0 Å². The maximum absolute atomic E-state index is 12.3. The summed E-state index contributed by atoms with van der Waals surface area (Å²) in [6.45, 7) is 1.99. The Balaban J connectivity index is 1.57. The summed E-state index contributed by atoms with van der Waals surface area (Å²) in [6, 6.07) is 14.3. The molecule has 0 aliphatic heterocycles. The molecule has 142 valence electrons. The minimum absolute atomic E-state index is 0.154. The summed E-state index contributed by atoms with van der Waals surface area (Å²) in [7, 11) is -3.74. The molecule has 0 saturated heterocycles. The zero-order valence-electron chi connectivity index (χ0n) is 14.8. The molecule has 9 heteroatoms. The van der Waals surface area contributed by atoms with Crippen molar-refractivity contribution in [2.45, 2.75) is 30.5 Å². The molecule has 0 bridgehead atoms. The Morgan fingerprint density at radius 2 is 1.89 bits per heavy atom. The maximum Gasteiger partial charge on any atom is 0.269 e. The van der Waals surface area contributed by atoms with Gasteiger partial charge in [0.05, 0.1) is 0 Å². The van der Waals surface area contributed by atoms with E-state index in [1.807, 2.05) is 18.2 Å². The number of hydrogen-bond acceptors (Lipinski definition) is 6. The van der Waals surface area contributed by atoms with Crippen LogP contribution in [0.5, 0.6) is 0 Å². The molecule has 0 radical (unpaired) electrons. The van der Waals surface area contributed by atoms with Gasteiger partial charge < -0.3 is 5.32 Å². The molecule has 27 heavy (non-hydrogen) atoms. The number of sulfonamides is 1. The van der Waals surface area contributed by atoms with Crippen LogP contribution in [0.4, 0.5) is 5.13 Å². The predicted octanol–water partition coefficient (Wildman–Crippen LogP) is 2.95. The number of benzene rings is 2. The molecule has 0 unspecified atom stereocenters. The lowest BCUT2D eigenvalue weighted by atomic mass is 10.0. The lowest BCUT2D eigenvalue weighted by Gasteiger charge is -2.07. The van der Waals surface area contributed by atoms with Gasteiger partial charge in [0.1, 0.15) is 0 Å². The third-order valence-corrected chi connectivity index (χ3v) is 6.67. The zero-order chi connectivity index (χ0) is 19.3. The van der Waals surface area contributed by atoms with E-state index in [1.165, 1.54) is 16.3 Å². The minimum Gasteiger partial charge on any atom is -0.301 e. The first-order valence-corrected chi connectivity index (χ1v) is 10.9. The van der Waals surface area contributed by atoms with Crippen LogP contribution >= 0.6 is 11.3 Å². The molecule has 1 heterocycles. The van der Waals surface area contributed by atoms with Crippen LogP contribution in [-0.2, 0) is 21.2 Å². The van der Waals surface area contributed by atoms with E-state index in [-0.39, 0.29) is 21.8 Å². The summed E-state index contributed by atoms with van der Waals surface area (Å²) in [4.78, 5) is 11.3. The van der Waals surface area contributed by atoms with Crippen molar-refractivity contribution >= 4 is 43.2 Å². The van der Waals surface area contributed by atoms with Crippen molar-refractivity contribution in [1.29, 1.82) is 0 Å². The Kier molecular flexibility index (Phi) is 6.15. The van der Waals surface area contributed by atoms with E-state index in [1.54, 1.807) is 6.92 Å². The highest BCUT2D eigenvalue weighted by Gasteiger charge is 2.20. The summed E-state index contributed by atoms with van der Waals surface area (Å²) < 4.78 is 27.0. The molecular weight excluding hydrogens is 384 g/mol. The first-order chi connectivity index (χ1) is 13.0. The molecule has 2 N–H and O–H groups in total. The number of anilines is 1. The van der Waals surface area contributed by atoms with Gasteiger partial charge in [-0.3, -0.25) is 4.79 Å². The zero-order valence-corrected chi connectivity index (χ0v) is 16.4. The normalized spacial score (nSPS) is 11.6. The van der Waals surface area contributed by atoms with Gasteiger partial charge in [0.15, 0.2) is 0 Å². The lowest BCUT2D eigenvalue weighted by Crippen LogP contribution is -2.25. The van der Waals surface area contributed by atoms with E-state index in [4.69, 9.17) is 0 Å². The standard InChI is InChI=1S/C18H20N4O3S2/c1-2-16(23)20-17-21-22-18(26-17)27(24,25)19-12-6-10-14-9-5-8-13-7-3-4-11-15(13)14/h3-5,7-9,11,19H,2,6,10,12H2,1H3,(H,20,21,23). The molecule has 0 atom stereocenters. The number of amides is 1. The molecule has 2 aromatic carbocycles. The number of aromatic nitrogens is 2. The van der Waals surface area contributed by atoms with Crippen LogP contribution in [0.1, 0.15) is 25.3 Å². The molecule has 7 nitrogen and oxygen atoms in total. The van der Waals surface area contributed by atoms with Crippen molar-refractivity contribution in [2.24, 2.45) is 0 Å². The Morgan fingerprint density at radius 1 is 1.11 bits per heavy atom. The summed E-state index contributed by atoms with van der Waals surface area (Å²) in [5, 5.41) is 12.4. The number of nitrogens with zero attached hydrogens (tertiary/aromatic N) is 2. The average Bonchev–Trinajstić information content (AvgIpc) is 3.14. The highest BCUT2D eigenvalue weighted by Crippen LogP contribution is 2.21. The predicted molar refractivity (Wildman–Crippen MR) is 106 cm³/mol. The fraction of sp³-hybridized carbons (Fsp3) is 0.278. The first kappa shape index (κ1) is 19.4. The second-order valence-corrected chi connectivity index (χ2v) is 8.83. The highest BCUT2D eigenvalue weighted by molar-refractivity contribution is 7.91. The Labute approximate surface area is 161 Å². The summed E-state index contributed by atoms with van der Waals surface area (Å²) in [5.74, 6) is -0.238. The van der Waals surface area contributed by atoms with Crippen molar-refractivity contribution in [3.63, 3.8) is 0 Å². The fourth-order valence-electron chi connectivity index (χ4n) is 2.63. The second-order valence-electron chi connectivity index (χ2n) is 5.91. The topological polar surface area (TPSA) is 101 Å². The molecule has 0 fully saturated rings. The van der Waals surface area contributed by atoms with Gasteiger partial charge in [-0.15, -0.1) is 10.2 Å². The molecule has 0 aliphatic rings. The van der Waals surface area contributed by atoms with Gasteiger partial charge in [0.2, 0.25) is 15.4 Å². The van der Waals surface area contributed by atoms with E-state index >= 15 is 0 Å². The summed E-state index contributed by atoms with van der Waals surface area (Å²) >= 11 is 0.835. The monoisotopic (exact) mass is 404 g/mol. The van der Waals surface area contributed by atoms with Gasteiger partial charge in [-0.2, -0.15) is 0 Å². The molecule has 1 aromatic heterocycles. The van der Waals surface area contributed by atoms with E-state index in [2.05, 4.69) is 44.5 Å². The van der Waals surface area contributed by atoms with Gasteiger partial charge >= 0.3 is 0 Å². The largest absolute Gasteiger partial charge is 0.301 e. The van der Waals surface area contributed by atoms with Crippen LogP contribution in [0, 0.1) is 0 Å². The van der Waals surface area contributed by atoms with Gasteiger partial charge in [-0.25, -0.2) is 13.1 Å². The van der Waals surface area contributed by atoms with Gasteiger partial charge in [-0.1, -0.05) is 60.7 Å². The van der Waals surface area contributed by atoms with Crippen molar-refractivity contribution in [2.75, 3.05) is 11.9 Å². The Hall–Kier alpha value is -2.36. The van der Waals surface area contributed by atoms with E-state index in [9.17, 15) is 13.2 Å². The number of carbonyl (C=O) groups excluding carboxylic acids is 1. The van der Waals surface area contributed by atoms with Gasteiger partial charge in [-0.05, 0) is 29.2 Å². The SMILES string of the molecule is CCC(=O)Nc1nnc(S(=O)(=O)NCCCc2cccc3ccccc23)s1. The molecule has 1 amide bonds. The lowest BCUT2D eigenvalue weighted by molar-refractivity contribution is -0.115. The first-order valence-electron chi connectivity index (χ1n) is 8.59. The van der Waals surface area contributed by atoms with Crippen molar-refractivity contribution in [1.82, 2.24) is 14.9 Å². The minimum atomic E-state index is -3.74. The number of fused-ring (bicyclic) bond motifs is 1. The third kappa shape index (κ3) is 4.88. The quantitative estimate of drug-likeness (QED) is 0.444. The van der Waals surface area contributed by atoms with Gasteiger partial charge in [0.25, 0.3) is 10.0 Å². The maximum atomic E-state index is 12.3. The van der Waals surface area contributed by atoms with Crippen LogP contribution in [-0.4, -0.2) is 31.1 Å². The van der Waals surface area contributed by atoms with E-state index in [0.717, 1.165) is 17.8 Å². The summed E-state index contributed by atoms with van der Waals surface area (Å²) in [5.41, 5.74) is 1.19. The van der Waals surface area contributed by atoms with Crippen LogP contribution < -0.4 is 10.0 Å². The number of hydrogen-bond donors (Lipinski definition) is 2. The van der Waals surface area contributed by atoms with Crippen LogP contribution in [0.2, 0.25) is 0 Å². The van der Waals surface area contributed by atoms with Crippen molar-refractivity contribution in [3.05, 3.63) is 48.0 Å².